The quantitative estimate of drug-likeness (QED) is 0.856. The minimum atomic E-state index is -3.65. The highest BCUT2D eigenvalue weighted by molar-refractivity contribution is 7.89. The first-order chi connectivity index (χ1) is 9.94. The van der Waals surface area contributed by atoms with E-state index in [1.807, 2.05) is 0 Å². The van der Waals surface area contributed by atoms with Gasteiger partial charge in [-0.25, -0.2) is 13.1 Å². The lowest BCUT2D eigenvalue weighted by atomic mass is 9.96. The second-order valence-electron chi connectivity index (χ2n) is 5.36. The van der Waals surface area contributed by atoms with Crippen LogP contribution in [-0.4, -0.2) is 21.5 Å². The van der Waals surface area contributed by atoms with E-state index in [4.69, 9.17) is 23.2 Å². The van der Waals surface area contributed by atoms with Crippen molar-refractivity contribution in [2.24, 2.45) is 0 Å². The Morgan fingerprint density at radius 3 is 2.48 bits per heavy atom. The maximum Gasteiger partial charge on any atom is 0.242 e. The second-order valence-corrected chi connectivity index (χ2v) is 7.86. The van der Waals surface area contributed by atoms with Gasteiger partial charge in [-0.05, 0) is 37.6 Å². The van der Waals surface area contributed by atoms with Crippen molar-refractivity contribution < 1.29 is 8.42 Å². The van der Waals surface area contributed by atoms with Gasteiger partial charge in [0.1, 0.15) is 4.90 Å². The molecule has 0 spiro atoms. The zero-order chi connectivity index (χ0) is 15.5. The van der Waals surface area contributed by atoms with E-state index in [9.17, 15) is 8.42 Å². The van der Waals surface area contributed by atoms with Gasteiger partial charge in [0.05, 0.1) is 5.02 Å². The lowest BCUT2D eigenvalue weighted by Gasteiger charge is -2.23. The first-order valence-corrected chi connectivity index (χ1v) is 9.33. The molecule has 0 heterocycles. The van der Waals surface area contributed by atoms with Gasteiger partial charge in [0, 0.05) is 17.6 Å². The van der Waals surface area contributed by atoms with Gasteiger partial charge in [-0.2, -0.15) is 0 Å². The zero-order valence-electron chi connectivity index (χ0n) is 12.0. The first kappa shape index (κ1) is 17.0. The maximum atomic E-state index is 12.6. The Kier molecular flexibility index (Phi) is 5.91. The van der Waals surface area contributed by atoms with Crippen LogP contribution < -0.4 is 10.0 Å². The van der Waals surface area contributed by atoms with E-state index < -0.39 is 10.0 Å². The van der Waals surface area contributed by atoms with Crippen molar-refractivity contribution >= 4 is 33.2 Å². The van der Waals surface area contributed by atoms with Crippen molar-refractivity contribution in [3.8, 4) is 0 Å². The van der Waals surface area contributed by atoms with Crippen LogP contribution in [0.1, 0.15) is 37.7 Å². The molecule has 0 amide bonds. The third kappa shape index (κ3) is 4.33. The van der Waals surface area contributed by atoms with E-state index in [0.717, 1.165) is 25.7 Å². The highest BCUT2D eigenvalue weighted by atomic mass is 35.5. The standard InChI is InChI=1S/C14H20Cl2N2O2S/c1-17-9-10-7-11(15)8-13(14(10)16)21(19,20)18-12-5-3-2-4-6-12/h7-8,12,17-18H,2-6,9H2,1H3. The minimum absolute atomic E-state index is 0.00783. The third-order valence-corrected chi connectivity index (χ3v) is 5.98. The van der Waals surface area contributed by atoms with Gasteiger partial charge in [0.2, 0.25) is 10.0 Å². The molecule has 2 rings (SSSR count). The zero-order valence-corrected chi connectivity index (χ0v) is 14.3. The van der Waals surface area contributed by atoms with Gasteiger partial charge in [-0.15, -0.1) is 0 Å². The Labute approximate surface area is 136 Å². The largest absolute Gasteiger partial charge is 0.316 e. The first-order valence-electron chi connectivity index (χ1n) is 7.09. The van der Waals surface area contributed by atoms with Crippen molar-refractivity contribution in [2.45, 2.75) is 49.6 Å². The van der Waals surface area contributed by atoms with Crippen LogP contribution in [0, 0.1) is 0 Å². The van der Waals surface area contributed by atoms with Crippen LogP contribution in [0.2, 0.25) is 10.0 Å². The number of rotatable bonds is 5. The molecule has 21 heavy (non-hydrogen) atoms. The van der Waals surface area contributed by atoms with Crippen LogP contribution in [0.15, 0.2) is 17.0 Å². The molecule has 0 radical (unpaired) electrons. The predicted molar refractivity (Wildman–Crippen MR) is 86.4 cm³/mol. The molecule has 1 aromatic rings. The summed E-state index contributed by atoms with van der Waals surface area (Å²) in [5.74, 6) is 0. The molecule has 0 unspecified atom stereocenters. The number of halogens is 2. The smallest absolute Gasteiger partial charge is 0.242 e. The molecule has 1 aliphatic carbocycles. The average Bonchev–Trinajstić information content (AvgIpc) is 2.43. The summed E-state index contributed by atoms with van der Waals surface area (Å²) in [6.07, 6.45) is 5.03. The number of benzene rings is 1. The molecule has 4 nitrogen and oxygen atoms in total. The van der Waals surface area contributed by atoms with Gasteiger partial charge >= 0.3 is 0 Å². The van der Waals surface area contributed by atoms with Crippen LogP contribution in [0.4, 0.5) is 0 Å². The molecule has 0 atom stereocenters. The Hall–Kier alpha value is -0.330. The Bertz CT molecular complexity index is 599. The monoisotopic (exact) mass is 350 g/mol. The molecule has 1 saturated carbocycles. The fourth-order valence-electron chi connectivity index (χ4n) is 2.64. The van der Waals surface area contributed by atoms with Gasteiger partial charge in [0.15, 0.2) is 0 Å². The van der Waals surface area contributed by atoms with Crippen LogP contribution in [0.5, 0.6) is 0 Å². The lowest BCUT2D eigenvalue weighted by molar-refractivity contribution is 0.412. The molecule has 0 aliphatic heterocycles. The van der Waals surface area contributed by atoms with Crippen LogP contribution in [0.25, 0.3) is 0 Å². The maximum absolute atomic E-state index is 12.6. The lowest BCUT2D eigenvalue weighted by Crippen LogP contribution is -2.36. The summed E-state index contributed by atoms with van der Waals surface area (Å²) >= 11 is 12.3. The number of hydrogen-bond donors (Lipinski definition) is 2. The molecule has 118 valence electrons. The van der Waals surface area contributed by atoms with E-state index in [1.165, 1.54) is 12.5 Å². The number of sulfonamides is 1. The van der Waals surface area contributed by atoms with Crippen molar-refractivity contribution in [2.75, 3.05) is 7.05 Å². The normalized spacial score (nSPS) is 17.1. The van der Waals surface area contributed by atoms with E-state index in [1.54, 1.807) is 13.1 Å². The molecular weight excluding hydrogens is 331 g/mol. The second kappa shape index (κ2) is 7.29. The van der Waals surface area contributed by atoms with Crippen molar-refractivity contribution in [3.05, 3.63) is 27.7 Å². The molecule has 1 aliphatic rings. The Morgan fingerprint density at radius 1 is 1.19 bits per heavy atom. The summed E-state index contributed by atoms with van der Waals surface area (Å²) in [5, 5.41) is 3.56. The topological polar surface area (TPSA) is 58.2 Å². The highest BCUT2D eigenvalue weighted by Crippen LogP contribution is 2.30. The molecule has 0 saturated heterocycles. The van der Waals surface area contributed by atoms with Gasteiger partial charge < -0.3 is 5.32 Å². The van der Waals surface area contributed by atoms with Crippen molar-refractivity contribution in [1.29, 1.82) is 0 Å². The molecule has 2 N–H and O–H groups in total. The summed E-state index contributed by atoms with van der Waals surface area (Å²) in [4.78, 5) is 0.0625. The number of nitrogens with one attached hydrogen (secondary N) is 2. The fraction of sp³-hybridized carbons (Fsp3) is 0.571. The molecular formula is C14H20Cl2N2O2S. The van der Waals surface area contributed by atoms with Crippen LogP contribution >= 0.6 is 23.2 Å². The van der Waals surface area contributed by atoms with E-state index in [-0.39, 0.29) is 16.0 Å². The summed E-state index contributed by atoms with van der Waals surface area (Å²) in [7, 11) is -1.88. The van der Waals surface area contributed by atoms with Crippen molar-refractivity contribution in [3.63, 3.8) is 0 Å². The highest BCUT2D eigenvalue weighted by Gasteiger charge is 2.25. The fourth-order valence-corrected chi connectivity index (χ4v) is 4.87. The molecule has 0 bridgehead atoms. The SMILES string of the molecule is CNCc1cc(Cl)cc(S(=O)(=O)NC2CCCCC2)c1Cl. The Balaban J connectivity index is 2.30. The summed E-state index contributed by atoms with van der Waals surface area (Å²) in [5.41, 5.74) is 0.677. The van der Waals surface area contributed by atoms with E-state index in [2.05, 4.69) is 10.0 Å². The third-order valence-electron chi connectivity index (χ3n) is 3.66. The van der Waals surface area contributed by atoms with Gasteiger partial charge in [0.25, 0.3) is 0 Å². The molecule has 7 heteroatoms. The van der Waals surface area contributed by atoms with E-state index in [0.29, 0.717) is 17.1 Å². The molecule has 1 fully saturated rings. The predicted octanol–water partition coefficient (Wildman–Crippen LogP) is 3.32. The average molecular weight is 351 g/mol. The van der Waals surface area contributed by atoms with Gasteiger partial charge in [-0.1, -0.05) is 42.5 Å². The Morgan fingerprint density at radius 2 is 1.86 bits per heavy atom. The van der Waals surface area contributed by atoms with Gasteiger partial charge in [-0.3, -0.25) is 0 Å². The number of hydrogen-bond acceptors (Lipinski definition) is 3. The molecule has 1 aromatic carbocycles. The summed E-state index contributed by atoms with van der Waals surface area (Å²) < 4.78 is 27.9. The summed E-state index contributed by atoms with van der Waals surface area (Å²) in [6, 6.07) is 3.08. The van der Waals surface area contributed by atoms with Crippen LogP contribution in [0.3, 0.4) is 0 Å². The molecule has 0 aromatic heterocycles. The van der Waals surface area contributed by atoms with Crippen molar-refractivity contribution in [1.82, 2.24) is 10.0 Å². The summed E-state index contributed by atoms with van der Waals surface area (Å²) in [6.45, 7) is 0.464. The van der Waals surface area contributed by atoms with E-state index >= 15 is 0 Å². The van der Waals surface area contributed by atoms with Crippen LogP contribution in [-0.2, 0) is 16.6 Å². The minimum Gasteiger partial charge on any atom is -0.316 e.